The van der Waals surface area contributed by atoms with Crippen LogP contribution < -0.4 is 5.76 Å². The fraction of sp³-hybridized carbons (Fsp3) is 0.412. The van der Waals surface area contributed by atoms with Crippen LogP contribution in [0, 0.1) is 5.92 Å². The summed E-state index contributed by atoms with van der Waals surface area (Å²) in [7, 11) is 0. The molecule has 22 heavy (non-hydrogen) atoms. The van der Waals surface area contributed by atoms with Gasteiger partial charge in [0.15, 0.2) is 5.76 Å². The van der Waals surface area contributed by atoms with Crippen LogP contribution in [-0.2, 0) is 0 Å². The molecule has 0 saturated heterocycles. The Hall–Kier alpha value is -2.30. The number of hydrogen-bond acceptors (Lipinski definition) is 4. The van der Waals surface area contributed by atoms with Crippen LogP contribution in [0.1, 0.15) is 55.6 Å². The molecule has 0 aliphatic rings. The number of carbonyl (C=O) groups is 1. The average molecular weight is 303 g/mol. The number of oxazole rings is 1. The Morgan fingerprint density at radius 3 is 2.23 bits per heavy atom. The highest BCUT2D eigenvalue weighted by atomic mass is 16.4. The van der Waals surface area contributed by atoms with Gasteiger partial charge in [-0.25, -0.2) is 4.79 Å². The second-order valence-corrected chi connectivity index (χ2v) is 5.87. The summed E-state index contributed by atoms with van der Waals surface area (Å²) in [6, 6.07) is 9.59. The molecule has 0 aliphatic heterocycles. The maximum atomic E-state index is 12.6. The van der Waals surface area contributed by atoms with Crippen molar-refractivity contribution in [2.75, 3.05) is 0 Å². The molecule has 2 atom stereocenters. The van der Waals surface area contributed by atoms with Gasteiger partial charge in [0.25, 0.3) is 0 Å². The third-order valence-corrected chi connectivity index (χ3v) is 4.02. The second-order valence-electron chi connectivity index (χ2n) is 5.87. The van der Waals surface area contributed by atoms with Crippen molar-refractivity contribution in [3.8, 4) is 5.88 Å². The molecule has 0 aliphatic carbocycles. The van der Waals surface area contributed by atoms with Crippen LogP contribution >= 0.6 is 0 Å². The van der Waals surface area contributed by atoms with Crippen LogP contribution in [0.4, 0.5) is 0 Å². The number of nitrogens with zero attached hydrogens (tertiary/aromatic N) is 1. The van der Waals surface area contributed by atoms with Crippen molar-refractivity contribution in [2.45, 2.75) is 39.5 Å². The van der Waals surface area contributed by atoms with Gasteiger partial charge in [-0.3, -0.25) is 4.79 Å². The van der Waals surface area contributed by atoms with E-state index in [0.29, 0.717) is 0 Å². The van der Waals surface area contributed by atoms with E-state index in [2.05, 4.69) is 0 Å². The van der Waals surface area contributed by atoms with Gasteiger partial charge in [-0.05, 0) is 11.5 Å². The lowest BCUT2D eigenvalue weighted by Crippen LogP contribution is -2.30. The van der Waals surface area contributed by atoms with Crippen molar-refractivity contribution in [3.05, 3.63) is 52.2 Å². The molecule has 0 spiro atoms. The molecule has 1 N–H and O–H groups in total. The maximum absolute atomic E-state index is 12.6. The van der Waals surface area contributed by atoms with E-state index in [1.165, 1.54) is 0 Å². The van der Waals surface area contributed by atoms with Crippen molar-refractivity contribution in [3.63, 3.8) is 0 Å². The van der Waals surface area contributed by atoms with Gasteiger partial charge in [0, 0.05) is 11.8 Å². The van der Waals surface area contributed by atoms with E-state index in [1.807, 2.05) is 37.3 Å². The molecule has 0 amide bonds. The highest BCUT2D eigenvalue weighted by Crippen LogP contribution is 2.29. The predicted molar refractivity (Wildman–Crippen MR) is 83.4 cm³/mol. The van der Waals surface area contributed by atoms with Gasteiger partial charge in [-0.2, -0.15) is 4.57 Å². The summed E-state index contributed by atoms with van der Waals surface area (Å²) in [6.07, 6.45) is 0. The number of aromatic hydroxyl groups is 1. The van der Waals surface area contributed by atoms with Crippen molar-refractivity contribution < 1.29 is 14.3 Å². The molecule has 5 heteroatoms. The van der Waals surface area contributed by atoms with Crippen LogP contribution in [0.3, 0.4) is 0 Å². The van der Waals surface area contributed by atoms with E-state index in [0.717, 1.165) is 10.1 Å². The Balaban J connectivity index is 2.34. The van der Waals surface area contributed by atoms with E-state index in [4.69, 9.17) is 4.42 Å². The summed E-state index contributed by atoms with van der Waals surface area (Å²) in [6.45, 7) is 7.23. The highest BCUT2D eigenvalue weighted by Gasteiger charge is 2.29. The second kappa shape index (κ2) is 6.22. The largest absolute Gasteiger partial charge is 0.492 e. The molecule has 1 heterocycles. The molecule has 118 valence electrons. The van der Waals surface area contributed by atoms with Gasteiger partial charge >= 0.3 is 5.76 Å². The first kappa shape index (κ1) is 16.1. The minimum absolute atomic E-state index is 0.0857. The monoisotopic (exact) mass is 303 g/mol. The lowest BCUT2D eigenvalue weighted by Gasteiger charge is -2.19. The Labute approximate surface area is 129 Å². The summed E-state index contributed by atoms with van der Waals surface area (Å²) in [5, 5.41) is 10.1. The molecular weight excluding hydrogens is 282 g/mol. The Bertz CT molecular complexity index is 712. The zero-order valence-electron chi connectivity index (χ0n) is 13.2. The molecule has 0 radical (unpaired) electrons. The van der Waals surface area contributed by atoms with E-state index in [1.54, 1.807) is 20.8 Å². The molecular formula is C17H21NO4. The van der Waals surface area contributed by atoms with Crippen molar-refractivity contribution in [1.29, 1.82) is 0 Å². The standard InChI is InChI=1S/C17H21NO4/c1-10(2)14-16(20)18(17(21)22-14)15(19)12(4)11(3)13-8-6-5-7-9-13/h5-12,20H,1-4H3/t11-,12-/m1/s1. The van der Waals surface area contributed by atoms with Gasteiger partial charge in [0.1, 0.15) is 0 Å². The van der Waals surface area contributed by atoms with E-state index >= 15 is 0 Å². The van der Waals surface area contributed by atoms with E-state index in [-0.39, 0.29) is 17.6 Å². The van der Waals surface area contributed by atoms with Gasteiger partial charge < -0.3 is 9.52 Å². The maximum Gasteiger partial charge on any atom is 0.429 e. The lowest BCUT2D eigenvalue weighted by atomic mass is 9.88. The van der Waals surface area contributed by atoms with Crippen molar-refractivity contribution in [1.82, 2.24) is 4.57 Å². The summed E-state index contributed by atoms with van der Waals surface area (Å²) in [5.41, 5.74) is 1.00. The molecule has 2 aromatic rings. The predicted octanol–water partition coefficient (Wildman–Crippen LogP) is 3.35. The first-order valence-electron chi connectivity index (χ1n) is 7.38. The Kier molecular flexibility index (Phi) is 4.54. The van der Waals surface area contributed by atoms with Crippen LogP contribution in [0.15, 0.2) is 39.5 Å². The lowest BCUT2D eigenvalue weighted by molar-refractivity contribution is 0.0811. The zero-order chi connectivity index (χ0) is 16.4. The van der Waals surface area contributed by atoms with Gasteiger partial charge in [0.05, 0.1) is 0 Å². The van der Waals surface area contributed by atoms with E-state index < -0.39 is 23.5 Å². The topological polar surface area (TPSA) is 72.4 Å². The molecule has 5 nitrogen and oxygen atoms in total. The quantitative estimate of drug-likeness (QED) is 0.940. The molecule has 1 aromatic carbocycles. The normalized spacial score (nSPS) is 14.0. The van der Waals surface area contributed by atoms with Crippen LogP contribution in [0.5, 0.6) is 5.88 Å². The number of benzene rings is 1. The summed E-state index contributed by atoms with van der Waals surface area (Å²) < 4.78 is 5.74. The summed E-state index contributed by atoms with van der Waals surface area (Å²) >= 11 is 0. The minimum Gasteiger partial charge on any atom is -0.492 e. The molecule has 0 bridgehead atoms. The summed E-state index contributed by atoms with van der Waals surface area (Å²) in [5.74, 6) is -2.28. The molecule has 0 unspecified atom stereocenters. The fourth-order valence-electron chi connectivity index (χ4n) is 2.42. The Morgan fingerprint density at radius 1 is 1.14 bits per heavy atom. The minimum atomic E-state index is -0.835. The molecule has 0 saturated carbocycles. The van der Waals surface area contributed by atoms with Crippen LogP contribution in [0.25, 0.3) is 0 Å². The smallest absolute Gasteiger partial charge is 0.429 e. The third kappa shape index (κ3) is 2.84. The Morgan fingerprint density at radius 2 is 1.73 bits per heavy atom. The third-order valence-electron chi connectivity index (χ3n) is 4.02. The van der Waals surface area contributed by atoms with Gasteiger partial charge in [0.2, 0.25) is 11.8 Å². The molecule has 0 fully saturated rings. The first-order valence-corrected chi connectivity index (χ1v) is 7.38. The SMILES string of the molecule is CC(C)c1oc(=O)n(C(=O)[C@H](C)[C@@H](C)c2ccccc2)c1O. The average Bonchev–Trinajstić information content (AvgIpc) is 2.81. The number of aromatic nitrogens is 1. The summed E-state index contributed by atoms with van der Waals surface area (Å²) in [4.78, 5) is 24.5. The van der Waals surface area contributed by atoms with E-state index in [9.17, 15) is 14.7 Å². The number of carbonyl (C=O) groups excluding carboxylic acids is 1. The van der Waals surface area contributed by atoms with Gasteiger partial charge in [-0.1, -0.05) is 58.0 Å². The van der Waals surface area contributed by atoms with Gasteiger partial charge in [-0.15, -0.1) is 0 Å². The highest BCUT2D eigenvalue weighted by molar-refractivity contribution is 5.83. The van der Waals surface area contributed by atoms with Crippen molar-refractivity contribution in [2.24, 2.45) is 5.92 Å². The molecule has 2 rings (SSSR count). The molecule has 1 aromatic heterocycles. The first-order chi connectivity index (χ1) is 10.3. The van der Waals surface area contributed by atoms with Crippen LogP contribution in [0.2, 0.25) is 0 Å². The number of hydrogen-bond donors (Lipinski definition) is 1. The number of rotatable bonds is 4. The van der Waals surface area contributed by atoms with Crippen LogP contribution in [-0.4, -0.2) is 15.6 Å². The van der Waals surface area contributed by atoms with Crippen molar-refractivity contribution >= 4 is 5.91 Å². The zero-order valence-corrected chi connectivity index (χ0v) is 13.2. The fourth-order valence-corrected chi connectivity index (χ4v) is 2.42.